The molecule has 2 unspecified atom stereocenters. The summed E-state index contributed by atoms with van der Waals surface area (Å²) in [7, 11) is -9.89. The number of ether oxygens (including phenoxy) is 4. The molecule has 83 heavy (non-hydrogen) atoms. The standard InChI is InChI=1S/C64H124O17P2/c1-54(2)40-32-24-16-11-9-10-12-19-30-38-46-63(68)80-60(51-75-62(67)45-37-29-23-22-27-35-43-57(7)8)53-79-83(72,73)77-49-58(65)48-76-82(70,71)78-52-59(50-74-61(66)44-36-28-21-15-18-26-34-42-56(5)6)81-64(69)47-39-31-20-14-13-17-25-33-41-55(3)4/h54-60,65H,9-53H2,1-8H3,(H,70,71)(H,72,73)/t58-,59-,60-/m1/s1. The van der Waals surface area contributed by atoms with E-state index in [4.69, 9.17) is 37.0 Å². The second kappa shape index (κ2) is 54.2. The average molecular weight is 1230 g/mol. The SMILES string of the molecule is CC(C)CCCCCCCCCCCCC(=O)O[C@H](COC(=O)CCCCCCCCC(C)C)COP(=O)(O)OC[C@H](O)COP(=O)(O)OC[C@@H](COC(=O)CCCCCCCCCC(C)C)OC(=O)CCCCCCCCCCC(C)C. The molecule has 0 radical (unpaired) electrons. The predicted molar refractivity (Wildman–Crippen MR) is 331 cm³/mol. The van der Waals surface area contributed by atoms with E-state index >= 15 is 0 Å². The molecule has 0 aliphatic carbocycles. The third kappa shape index (κ3) is 58.8. The molecule has 0 rings (SSSR count). The largest absolute Gasteiger partial charge is 0.472 e. The van der Waals surface area contributed by atoms with Crippen molar-refractivity contribution in [2.75, 3.05) is 39.6 Å². The summed E-state index contributed by atoms with van der Waals surface area (Å²) in [4.78, 5) is 72.2. The molecule has 17 nitrogen and oxygen atoms in total. The molecule has 0 aromatic carbocycles. The topological polar surface area (TPSA) is 237 Å². The fraction of sp³-hybridized carbons (Fsp3) is 0.938. The van der Waals surface area contributed by atoms with Crippen LogP contribution in [0.2, 0.25) is 0 Å². The molecule has 0 aliphatic rings. The third-order valence-electron chi connectivity index (χ3n) is 14.6. The van der Waals surface area contributed by atoms with Crippen molar-refractivity contribution >= 4 is 39.5 Å². The van der Waals surface area contributed by atoms with Gasteiger partial charge >= 0.3 is 39.5 Å². The zero-order valence-corrected chi connectivity index (χ0v) is 55.6. The molecule has 19 heteroatoms. The Labute approximate surface area is 505 Å². The monoisotopic (exact) mass is 1230 g/mol. The van der Waals surface area contributed by atoms with Crippen LogP contribution in [0.15, 0.2) is 0 Å². The van der Waals surface area contributed by atoms with Crippen molar-refractivity contribution in [3.63, 3.8) is 0 Å². The van der Waals surface area contributed by atoms with Crippen LogP contribution in [0.3, 0.4) is 0 Å². The lowest BCUT2D eigenvalue weighted by Gasteiger charge is -2.21. The third-order valence-corrected chi connectivity index (χ3v) is 16.5. The minimum atomic E-state index is -4.94. The summed E-state index contributed by atoms with van der Waals surface area (Å²) < 4.78 is 68.0. The number of hydrogen-bond donors (Lipinski definition) is 3. The van der Waals surface area contributed by atoms with Crippen LogP contribution in [0.25, 0.3) is 0 Å². The van der Waals surface area contributed by atoms with Crippen LogP contribution in [-0.2, 0) is 65.4 Å². The Balaban J connectivity index is 5.25. The fourth-order valence-corrected chi connectivity index (χ4v) is 11.0. The van der Waals surface area contributed by atoms with E-state index in [-0.39, 0.29) is 25.7 Å². The van der Waals surface area contributed by atoms with Crippen LogP contribution < -0.4 is 0 Å². The predicted octanol–water partition coefficient (Wildman–Crippen LogP) is 17.4. The maximum Gasteiger partial charge on any atom is 0.472 e. The first-order chi connectivity index (χ1) is 39.6. The van der Waals surface area contributed by atoms with E-state index in [0.29, 0.717) is 37.5 Å². The van der Waals surface area contributed by atoms with Gasteiger partial charge in [0.2, 0.25) is 0 Å². The van der Waals surface area contributed by atoms with Gasteiger partial charge in [-0.3, -0.25) is 37.3 Å². The Morgan fingerprint density at radius 3 is 0.747 bits per heavy atom. The number of rotatable bonds is 61. The molecule has 0 amide bonds. The van der Waals surface area contributed by atoms with E-state index in [9.17, 15) is 43.2 Å². The molecular weight excluding hydrogens is 1100 g/mol. The van der Waals surface area contributed by atoms with Gasteiger partial charge in [-0.05, 0) is 49.4 Å². The van der Waals surface area contributed by atoms with Crippen LogP contribution in [0.4, 0.5) is 0 Å². The van der Waals surface area contributed by atoms with Crippen molar-refractivity contribution in [1.82, 2.24) is 0 Å². The summed E-state index contributed by atoms with van der Waals surface area (Å²) in [6, 6.07) is 0. The number of esters is 4. The number of phosphoric acid groups is 2. The van der Waals surface area contributed by atoms with Gasteiger partial charge in [-0.1, -0.05) is 254 Å². The quantitative estimate of drug-likeness (QED) is 0.0222. The van der Waals surface area contributed by atoms with Gasteiger partial charge in [0.25, 0.3) is 0 Å². The first-order valence-corrected chi connectivity index (χ1v) is 36.2. The molecule has 3 N–H and O–H groups in total. The van der Waals surface area contributed by atoms with E-state index in [1.54, 1.807) is 0 Å². The first-order valence-electron chi connectivity index (χ1n) is 33.2. The first kappa shape index (κ1) is 81.1. The highest BCUT2D eigenvalue weighted by Crippen LogP contribution is 2.45. The Kier molecular flexibility index (Phi) is 53.0. The van der Waals surface area contributed by atoms with E-state index in [1.807, 2.05) is 0 Å². The fourth-order valence-electron chi connectivity index (χ4n) is 9.43. The van der Waals surface area contributed by atoms with Crippen LogP contribution >= 0.6 is 15.6 Å². The molecular formula is C64H124O17P2. The van der Waals surface area contributed by atoms with Crippen LogP contribution in [0, 0.1) is 23.7 Å². The second-order valence-electron chi connectivity index (χ2n) is 25.1. The molecule has 0 spiro atoms. The van der Waals surface area contributed by atoms with Gasteiger partial charge in [0, 0.05) is 25.7 Å². The van der Waals surface area contributed by atoms with E-state index in [1.165, 1.54) is 96.3 Å². The van der Waals surface area contributed by atoms with Gasteiger partial charge in [-0.15, -0.1) is 0 Å². The highest BCUT2D eigenvalue weighted by Gasteiger charge is 2.30. The van der Waals surface area contributed by atoms with E-state index < -0.39 is 97.5 Å². The smallest absolute Gasteiger partial charge is 0.462 e. The lowest BCUT2D eigenvalue weighted by molar-refractivity contribution is -0.161. The summed E-state index contributed by atoms with van der Waals surface area (Å²) in [6.45, 7) is 13.9. The summed E-state index contributed by atoms with van der Waals surface area (Å²) in [6.07, 6.45) is 33.7. The number of aliphatic hydroxyl groups is 1. The zero-order valence-electron chi connectivity index (χ0n) is 53.8. The van der Waals surface area contributed by atoms with Crippen molar-refractivity contribution in [3.05, 3.63) is 0 Å². The van der Waals surface area contributed by atoms with Crippen LogP contribution in [-0.4, -0.2) is 96.7 Å². The highest BCUT2D eigenvalue weighted by molar-refractivity contribution is 7.47. The molecule has 0 aromatic heterocycles. The number of hydrogen-bond acceptors (Lipinski definition) is 15. The second-order valence-corrected chi connectivity index (χ2v) is 28.0. The minimum absolute atomic E-state index is 0.103. The van der Waals surface area contributed by atoms with Crippen molar-refractivity contribution in [2.24, 2.45) is 23.7 Å². The number of carbonyl (C=O) groups excluding carboxylic acids is 4. The molecule has 0 heterocycles. The van der Waals surface area contributed by atoms with Crippen molar-refractivity contribution in [2.45, 2.75) is 324 Å². The van der Waals surface area contributed by atoms with Crippen LogP contribution in [0.5, 0.6) is 0 Å². The zero-order chi connectivity index (χ0) is 61.8. The van der Waals surface area contributed by atoms with Gasteiger partial charge in [-0.25, -0.2) is 9.13 Å². The number of phosphoric ester groups is 2. The maximum absolute atomic E-state index is 13.0. The van der Waals surface area contributed by atoms with Crippen molar-refractivity contribution in [3.8, 4) is 0 Å². The van der Waals surface area contributed by atoms with Crippen molar-refractivity contribution in [1.29, 1.82) is 0 Å². The van der Waals surface area contributed by atoms with Gasteiger partial charge in [-0.2, -0.15) is 0 Å². The van der Waals surface area contributed by atoms with E-state index in [0.717, 1.165) is 115 Å². The Morgan fingerprint density at radius 2 is 0.506 bits per heavy atom. The molecule has 0 fully saturated rings. The summed E-state index contributed by atoms with van der Waals surface area (Å²) >= 11 is 0. The summed E-state index contributed by atoms with van der Waals surface area (Å²) in [5, 5.41) is 10.5. The molecule has 0 aromatic rings. The lowest BCUT2D eigenvalue weighted by atomic mass is 10.0. The molecule has 0 aliphatic heterocycles. The van der Waals surface area contributed by atoms with Gasteiger partial charge < -0.3 is 33.8 Å². The molecule has 0 bridgehead atoms. The average Bonchev–Trinajstić information content (AvgIpc) is 3.46. The highest BCUT2D eigenvalue weighted by atomic mass is 31.2. The number of carbonyl (C=O) groups is 4. The summed E-state index contributed by atoms with van der Waals surface area (Å²) in [5.41, 5.74) is 0. The minimum Gasteiger partial charge on any atom is -0.462 e. The van der Waals surface area contributed by atoms with Gasteiger partial charge in [0.15, 0.2) is 12.2 Å². The maximum atomic E-state index is 13.0. The molecule has 5 atom stereocenters. The Hall–Kier alpha value is -1.94. The van der Waals surface area contributed by atoms with Gasteiger partial charge in [0.05, 0.1) is 26.4 Å². The van der Waals surface area contributed by atoms with Crippen LogP contribution in [0.1, 0.15) is 306 Å². The molecule has 0 saturated heterocycles. The van der Waals surface area contributed by atoms with Gasteiger partial charge in [0.1, 0.15) is 19.3 Å². The molecule has 492 valence electrons. The Bertz CT molecular complexity index is 1660. The number of unbranched alkanes of at least 4 members (excludes halogenated alkanes) is 27. The normalized spacial score (nSPS) is 14.4. The lowest BCUT2D eigenvalue weighted by Crippen LogP contribution is -2.30. The number of aliphatic hydroxyl groups excluding tert-OH is 1. The van der Waals surface area contributed by atoms with E-state index in [2.05, 4.69) is 55.4 Å². The summed E-state index contributed by atoms with van der Waals surface area (Å²) in [5.74, 6) is 0.713. The Morgan fingerprint density at radius 1 is 0.301 bits per heavy atom. The van der Waals surface area contributed by atoms with Crippen molar-refractivity contribution < 1.29 is 80.2 Å². The molecule has 0 saturated carbocycles.